The summed E-state index contributed by atoms with van der Waals surface area (Å²) < 4.78 is 36.6. The van der Waals surface area contributed by atoms with Gasteiger partial charge in [-0.25, -0.2) is 13.8 Å². The Balaban J connectivity index is 1.32. The molecule has 2 aromatic heterocycles. The fourth-order valence-corrected chi connectivity index (χ4v) is 4.69. The van der Waals surface area contributed by atoms with Crippen molar-refractivity contribution < 1.29 is 22.7 Å². The molecule has 0 aliphatic carbocycles. The number of furan rings is 1. The Morgan fingerprint density at radius 2 is 2.00 bits per heavy atom. The predicted octanol–water partition coefficient (Wildman–Crippen LogP) is 4.54. The van der Waals surface area contributed by atoms with Crippen molar-refractivity contribution in [3.63, 3.8) is 0 Å². The van der Waals surface area contributed by atoms with E-state index in [-0.39, 0.29) is 18.5 Å². The van der Waals surface area contributed by atoms with Gasteiger partial charge in [-0.3, -0.25) is 4.79 Å². The highest BCUT2D eigenvalue weighted by atomic mass is 19.3. The number of amides is 1. The van der Waals surface area contributed by atoms with Gasteiger partial charge >= 0.3 is 0 Å². The molecular weight excluding hydrogens is 470 g/mol. The second-order valence-corrected chi connectivity index (χ2v) is 9.82. The fourth-order valence-electron chi connectivity index (χ4n) is 4.69. The van der Waals surface area contributed by atoms with Gasteiger partial charge in [0.2, 0.25) is 5.95 Å². The number of fused-ring (bicyclic) bond motifs is 2. The number of nitrogens with one attached hydrogen (secondary N) is 3. The Kier molecular flexibility index (Phi) is 6.42. The van der Waals surface area contributed by atoms with Crippen LogP contribution >= 0.6 is 0 Å². The number of carbonyl (C=O) groups excluding carboxylic acids is 1. The molecule has 0 spiro atoms. The average molecular weight is 501 g/mol. The monoisotopic (exact) mass is 500 g/mol. The summed E-state index contributed by atoms with van der Waals surface area (Å²) in [7, 11) is 0. The predicted molar refractivity (Wildman–Crippen MR) is 133 cm³/mol. The van der Waals surface area contributed by atoms with E-state index < -0.39 is 12.0 Å². The molecule has 36 heavy (non-hydrogen) atoms. The molecule has 0 radical (unpaired) electrons. The lowest BCUT2D eigenvalue weighted by Gasteiger charge is -2.35. The number of aromatic nitrogens is 2. The molecule has 2 aliphatic heterocycles. The Labute approximate surface area is 207 Å². The van der Waals surface area contributed by atoms with Gasteiger partial charge in [-0.15, -0.1) is 0 Å². The highest BCUT2D eigenvalue weighted by Gasteiger charge is 2.35. The SMILES string of the molecule is CC(NCC(F)F)C1CCN(c2nc(Nc3ccc4c(c3)NC(=O)C(C)(C)O4)nc3ccoc23)CC1. The van der Waals surface area contributed by atoms with E-state index in [1.54, 1.807) is 38.3 Å². The number of ether oxygens (including phenoxy) is 1. The van der Waals surface area contributed by atoms with Crippen LogP contribution in [0.3, 0.4) is 0 Å². The van der Waals surface area contributed by atoms with E-state index >= 15 is 0 Å². The van der Waals surface area contributed by atoms with Crippen molar-refractivity contribution in [3.05, 3.63) is 30.5 Å². The van der Waals surface area contributed by atoms with Gasteiger partial charge in [-0.05, 0) is 57.7 Å². The largest absolute Gasteiger partial charge is 0.476 e. The Bertz CT molecular complexity index is 1260. The van der Waals surface area contributed by atoms with Crippen LogP contribution in [-0.4, -0.2) is 53.6 Å². The van der Waals surface area contributed by atoms with E-state index in [4.69, 9.17) is 14.1 Å². The van der Waals surface area contributed by atoms with Crippen LogP contribution in [0, 0.1) is 5.92 Å². The molecule has 1 amide bonds. The minimum atomic E-state index is -2.35. The van der Waals surface area contributed by atoms with Crippen molar-refractivity contribution in [3.8, 4) is 5.75 Å². The maximum atomic E-state index is 12.6. The lowest BCUT2D eigenvalue weighted by Crippen LogP contribution is -2.45. The summed E-state index contributed by atoms with van der Waals surface area (Å²) >= 11 is 0. The number of hydrogen-bond donors (Lipinski definition) is 3. The Morgan fingerprint density at radius 3 is 2.75 bits per heavy atom. The second kappa shape index (κ2) is 9.53. The van der Waals surface area contributed by atoms with Crippen LogP contribution in [0.1, 0.15) is 33.6 Å². The standard InChI is InChI=1S/C25H30F2N6O3/c1-14(28-13-20(26)27)15-6-9-33(10-7-15)22-21-17(8-11-35-21)31-24(32-22)29-16-4-5-19-18(12-16)30-23(34)25(2,3)36-19/h4-5,8,11-12,14-15,20,28H,6-7,9-10,13H2,1-3H3,(H,30,34)(H,29,31,32). The average Bonchev–Trinajstić information content (AvgIpc) is 3.31. The van der Waals surface area contributed by atoms with Crippen LogP contribution in [0.4, 0.5) is 31.9 Å². The van der Waals surface area contributed by atoms with E-state index in [0.29, 0.717) is 45.9 Å². The van der Waals surface area contributed by atoms with Gasteiger partial charge in [0.1, 0.15) is 11.3 Å². The number of halogens is 2. The number of carbonyl (C=O) groups is 1. The van der Waals surface area contributed by atoms with Crippen LogP contribution in [0.2, 0.25) is 0 Å². The molecule has 1 fully saturated rings. The third-order valence-electron chi connectivity index (χ3n) is 6.82. The minimum Gasteiger partial charge on any atom is -0.476 e. The Morgan fingerprint density at radius 1 is 1.22 bits per heavy atom. The molecule has 9 nitrogen and oxygen atoms in total. The van der Waals surface area contributed by atoms with E-state index in [0.717, 1.165) is 25.9 Å². The van der Waals surface area contributed by atoms with Gasteiger partial charge in [-0.1, -0.05) is 0 Å². The van der Waals surface area contributed by atoms with E-state index in [2.05, 4.69) is 25.8 Å². The minimum absolute atomic E-state index is 0.0199. The summed E-state index contributed by atoms with van der Waals surface area (Å²) in [6.07, 6.45) is 0.946. The third kappa shape index (κ3) is 4.92. The van der Waals surface area contributed by atoms with Gasteiger partial charge < -0.3 is 30.0 Å². The normalized spacial score (nSPS) is 18.6. The summed E-state index contributed by atoms with van der Waals surface area (Å²) in [5.41, 5.74) is 1.62. The number of hydrogen-bond acceptors (Lipinski definition) is 8. The molecule has 0 bridgehead atoms. The van der Waals surface area contributed by atoms with Gasteiger partial charge in [0.25, 0.3) is 12.3 Å². The quantitative estimate of drug-likeness (QED) is 0.435. The summed E-state index contributed by atoms with van der Waals surface area (Å²) in [5, 5.41) is 9.04. The maximum absolute atomic E-state index is 12.6. The van der Waals surface area contributed by atoms with Crippen LogP contribution in [0.25, 0.3) is 11.1 Å². The van der Waals surface area contributed by atoms with Crippen LogP contribution < -0.4 is 25.6 Å². The van der Waals surface area contributed by atoms with Gasteiger partial charge in [-0.2, -0.15) is 4.98 Å². The zero-order valence-corrected chi connectivity index (χ0v) is 20.5. The molecule has 1 unspecified atom stereocenters. The van der Waals surface area contributed by atoms with Crippen molar-refractivity contribution in [2.75, 3.05) is 35.2 Å². The summed E-state index contributed by atoms with van der Waals surface area (Å²) in [6.45, 7) is 6.58. The lowest BCUT2D eigenvalue weighted by atomic mass is 9.90. The first-order valence-corrected chi connectivity index (χ1v) is 12.1. The smallest absolute Gasteiger partial charge is 0.268 e. The number of anilines is 4. The maximum Gasteiger partial charge on any atom is 0.268 e. The number of rotatable bonds is 7. The van der Waals surface area contributed by atoms with E-state index in [1.165, 1.54) is 0 Å². The second-order valence-electron chi connectivity index (χ2n) is 9.82. The molecule has 11 heteroatoms. The van der Waals surface area contributed by atoms with Gasteiger partial charge in [0, 0.05) is 30.9 Å². The van der Waals surface area contributed by atoms with Gasteiger partial charge in [0.05, 0.1) is 18.5 Å². The molecule has 4 heterocycles. The van der Waals surface area contributed by atoms with Crippen molar-refractivity contribution in [1.29, 1.82) is 0 Å². The van der Waals surface area contributed by atoms with Crippen LogP contribution in [0.15, 0.2) is 34.9 Å². The topological polar surface area (TPSA) is 105 Å². The first-order valence-electron chi connectivity index (χ1n) is 12.1. The number of benzene rings is 1. The zero-order valence-electron chi connectivity index (χ0n) is 20.5. The van der Waals surface area contributed by atoms with Gasteiger partial charge in [0.15, 0.2) is 17.0 Å². The molecule has 1 atom stereocenters. The number of piperidine rings is 1. The molecule has 2 aliphatic rings. The fraction of sp³-hybridized carbons (Fsp3) is 0.480. The molecule has 3 N–H and O–H groups in total. The molecule has 192 valence electrons. The molecule has 3 aromatic rings. The molecule has 1 aromatic carbocycles. The van der Waals surface area contributed by atoms with E-state index in [1.807, 2.05) is 13.0 Å². The molecule has 1 saturated heterocycles. The summed E-state index contributed by atoms with van der Waals surface area (Å²) in [5.74, 6) is 1.78. The van der Waals surface area contributed by atoms with Crippen molar-refractivity contribution in [2.24, 2.45) is 5.92 Å². The third-order valence-corrected chi connectivity index (χ3v) is 6.82. The number of nitrogens with zero attached hydrogens (tertiary/aromatic N) is 3. The van der Waals surface area contributed by atoms with Crippen molar-refractivity contribution in [2.45, 2.75) is 51.7 Å². The summed E-state index contributed by atoms with van der Waals surface area (Å²) in [6, 6.07) is 7.23. The highest BCUT2D eigenvalue weighted by Crippen LogP contribution is 2.37. The molecule has 0 saturated carbocycles. The number of alkyl halides is 2. The van der Waals surface area contributed by atoms with Crippen LogP contribution in [-0.2, 0) is 4.79 Å². The Hall–Kier alpha value is -3.47. The zero-order chi connectivity index (χ0) is 25.4. The highest BCUT2D eigenvalue weighted by molar-refractivity contribution is 6.00. The summed E-state index contributed by atoms with van der Waals surface area (Å²) in [4.78, 5) is 23.8. The van der Waals surface area contributed by atoms with Crippen molar-refractivity contribution in [1.82, 2.24) is 15.3 Å². The van der Waals surface area contributed by atoms with Crippen molar-refractivity contribution >= 4 is 40.1 Å². The first kappa shape index (κ1) is 24.2. The van der Waals surface area contributed by atoms with Crippen LogP contribution in [0.5, 0.6) is 5.75 Å². The molecule has 5 rings (SSSR count). The molecular formula is C25H30F2N6O3. The van der Waals surface area contributed by atoms with E-state index in [9.17, 15) is 13.6 Å². The lowest BCUT2D eigenvalue weighted by molar-refractivity contribution is -0.129. The first-order chi connectivity index (χ1) is 17.2.